The first-order valence-electron chi connectivity index (χ1n) is 6.67. The molecule has 0 saturated heterocycles. The van der Waals surface area contributed by atoms with Crippen LogP contribution in [0.5, 0.6) is 0 Å². The maximum absolute atomic E-state index is 12.3. The lowest BCUT2D eigenvalue weighted by Crippen LogP contribution is -2.36. The van der Waals surface area contributed by atoms with Gasteiger partial charge in [0.15, 0.2) is 0 Å². The van der Waals surface area contributed by atoms with Crippen LogP contribution in [-0.4, -0.2) is 39.4 Å². The zero-order valence-corrected chi connectivity index (χ0v) is 12.8. The van der Waals surface area contributed by atoms with E-state index in [0.29, 0.717) is 11.5 Å². The van der Waals surface area contributed by atoms with Gasteiger partial charge in [-0.25, -0.2) is 13.1 Å². The molecule has 0 aromatic heterocycles. The number of amides is 1. The van der Waals surface area contributed by atoms with Gasteiger partial charge in [-0.2, -0.15) is 0 Å². The molecule has 6 heteroatoms. The SMILES string of the molecule is CNS(=O)(=O)c1ccc(C(=O)N(C)C(C)C2CC2)cc1. The van der Waals surface area contributed by atoms with E-state index in [1.807, 2.05) is 0 Å². The Balaban J connectivity index is 2.15. The topological polar surface area (TPSA) is 66.5 Å². The minimum Gasteiger partial charge on any atom is -0.339 e. The van der Waals surface area contributed by atoms with Gasteiger partial charge in [-0.1, -0.05) is 0 Å². The van der Waals surface area contributed by atoms with Gasteiger partial charge in [0, 0.05) is 18.7 Å². The summed E-state index contributed by atoms with van der Waals surface area (Å²) in [5.74, 6) is 0.533. The van der Waals surface area contributed by atoms with E-state index in [4.69, 9.17) is 0 Å². The summed E-state index contributed by atoms with van der Waals surface area (Å²) in [5.41, 5.74) is 0.509. The third kappa shape index (κ3) is 3.02. The fraction of sp³-hybridized carbons (Fsp3) is 0.500. The number of benzene rings is 1. The molecule has 1 unspecified atom stereocenters. The average molecular weight is 296 g/mol. The number of nitrogens with one attached hydrogen (secondary N) is 1. The molecule has 1 amide bonds. The lowest BCUT2D eigenvalue weighted by Gasteiger charge is -2.25. The van der Waals surface area contributed by atoms with Crippen molar-refractivity contribution in [3.63, 3.8) is 0 Å². The van der Waals surface area contributed by atoms with E-state index in [9.17, 15) is 13.2 Å². The molecule has 0 spiro atoms. The van der Waals surface area contributed by atoms with Crippen LogP contribution < -0.4 is 4.72 Å². The predicted molar refractivity (Wildman–Crippen MR) is 77.0 cm³/mol. The Labute approximate surface area is 120 Å². The molecule has 1 aromatic carbocycles. The second-order valence-electron chi connectivity index (χ2n) is 5.23. The Bertz CT molecular complexity index is 591. The molecule has 1 aliphatic rings. The molecule has 1 aliphatic carbocycles. The van der Waals surface area contributed by atoms with Crippen molar-refractivity contribution in [3.05, 3.63) is 29.8 Å². The molecular formula is C14H20N2O3S. The Morgan fingerprint density at radius 1 is 1.30 bits per heavy atom. The van der Waals surface area contributed by atoms with Gasteiger partial charge in [0.05, 0.1) is 4.90 Å². The van der Waals surface area contributed by atoms with Crippen molar-refractivity contribution in [1.29, 1.82) is 0 Å². The smallest absolute Gasteiger partial charge is 0.253 e. The number of carbonyl (C=O) groups excluding carboxylic acids is 1. The fourth-order valence-corrected chi connectivity index (χ4v) is 2.91. The van der Waals surface area contributed by atoms with E-state index in [1.165, 1.54) is 32.0 Å². The van der Waals surface area contributed by atoms with Crippen molar-refractivity contribution in [2.75, 3.05) is 14.1 Å². The van der Waals surface area contributed by atoms with Crippen molar-refractivity contribution in [2.45, 2.75) is 30.7 Å². The number of hydrogen-bond acceptors (Lipinski definition) is 3. The van der Waals surface area contributed by atoms with Crippen LogP contribution in [0, 0.1) is 5.92 Å². The molecule has 0 heterocycles. The normalized spacial score (nSPS) is 16.8. The van der Waals surface area contributed by atoms with Gasteiger partial charge in [-0.05, 0) is 57.0 Å². The van der Waals surface area contributed by atoms with Gasteiger partial charge in [0.1, 0.15) is 0 Å². The Morgan fingerprint density at radius 2 is 1.85 bits per heavy atom. The Hall–Kier alpha value is -1.40. The molecule has 2 rings (SSSR count). The summed E-state index contributed by atoms with van der Waals surface area (Å²) in [6.07, 6.45) is 2.36. The first kappa shape index (κ1) is 15.0. The first-order valence-corrected chi connectivity index (χ1v) is 8.16. The second-order valence-corrected chi connectivity index (χ2v) is 7.11. The second kappa shape index (κ2) is 5.54. The van der Waals surface area contributed by atoms with Crippen LogP contribution >= 0.6 is 0 Å². The standard InChI is InChI=1S/C14H20N2O3S/c1-10(11-4-5-11)16(3)14(17)12-6-8-13(9-7-12)20(18,19)15-2/h6-11,15H,4-5H2,1-3H3. The Kier molecular flexibility index (Phi) is 4.15. The highest BCUT2D eigenvalue weighted by Gasteiger charge is 2.32. The van der Waals surface area contributed by atoms with Crippen molar-refractivity contribution in [3.8, 4) is 0 Å². The van der Waals surface area contributed by atoms with E-state index >= 15 is 0 Å². The third-order valence-electron chi connectivity index (χ3n) is 3.92. The van der Waals surface area contributed by atoms with Crippen LogP contribution in [0.4, 0.5) is 0 Å². The number of sulfonamides is 1. The highest BCUT2D eigenvalue weighted by molar-refractivity contribution is 7.89. The zero-order valence-electron chi connectivity index (χ0n) is 12.0. The third-order valence-corrected chi connectivity index (χ3v) is 5.35. The maximum atomic E-state index is 12.3. The molecule has 0 radical (unpaired) electrons. The monoisotopic (exact) mass is 296 g/mol. The minimum atomic E-state index is -3.46. The average Bonchev–Trinajstić information content (AvgIpc) is 3.29. The molecule has 5 nitrogen and oxygen atoms in total. The molecule has 1 atom stereocenters. The molecule has 1 saturated carbocycles. The van der Waals surface area contributed by atoms with Crippen molar-refractivity contribution >= 4 is 15.9 Å². The molecule has 0 aliphatic heterocycles. The molecule has 20 heavy (non-hydrogen) atoms. The lowest BCUT2D eigenvalue weighted by atomic mass is 10.1. The summed E-state index contributed by atoms with van der Waals surface area (Å²) in [4.78, 5) is 14.2. The van der Waals surface area contributed by atoms with Crippen molar-refractivity contribution in [2.24, 2.45) is 5.92 Å². The van der Waals surface area contributed by atoms with E-state index in [1.54, 1.807) is 24.1 Å². The summed E-state index contributed by atoms with van der Waals surface area (Å²) in [7, 11) is -0.300. The van der Waals surface area contributed by atoms with Crippen LogP contribution in [-0.2, 0) is 10.0 Å². The van der Waals surface area contributed by atoms with Gasteiger partial charge < -0.3 is 4.90 Å². The number of rotatable bonds is 5. The van der Waals surface area contributed by atoms with Crippen LogP contribution in [0.1, 0.15) is 30.1 Å². The molecule has 0 bridgehead atoms. The number of hydrogen-bond donors (Lipinski definition) is 1. The Morgan fingerprint density at radius 3 is 2.30 bits per heavy atom. The summed E-state index contributed by atoms with van der Waals surface area (Å²) in [5, 5.41) is 0. The maximum Gasteiger partial charge on any atom is 0.253 e. The molecule has 1 fully saturated rings. The summed E-state index contributed by atoms with van der Waals surface area (Å²) in [6.45, 7) is 2.05. The van der Waals surface area contributed by atoms with Gasteiger partial charge in [-0.3, -0.25) is 4.79 Å². The highest BCUT2D eigenvalue weighted by atomic mass is 32.2. The lowest BCUT2D eigenvalue weighted by molar-refractivity contribution is 0.0727. The van der Waals surface area contributed by atoms with Crippen LogP contribution in [0.2, 0.25) is 0 Å². The van der Waals surface area contributed by atoms with E-state index in [2.05, 4.69) is 11.6 Å². The molecule has 1 aromatic rings. The zero-order chi connectivity index (χ0) is 14.9. The minimum absolute atomic E-state index is 0.0715. The summed E-state index contributed by atoms with van der Waals surface area (Å²) >= 11 is 0. The predicted octanol–water partition coefficient (Wildman–Crippen LogP) is 1.47. The summed E-state index contributed by atoms with van der Waals surface area (Å²) in [6, 6.07) is 6.25. The van der Waals surface area contributed by atoms with Gasteiger partial charge >= 0.3 is 0 Å². The first-order chi connectivity index (χ1) is 9.36. The van der Waals surface area contributed by atoms with Gasteiger partial charge in [0.25, 0.3) is 5.91 Å². The van der Waals surface area contributed by atoms with E-state index < -0.39 is 10.0 Å². The van der Waals surface area contributed by atoms with Gasteiger partial charge in [0.2, 0.25) is 10.0 Å². The highest BCUT2D eigenvalue weighted by Crippen LogP contribution is 2.35. The van der Waals surface area contributed by atoms with Crippen LogP contribution in [0.25, 0.3) is 0 Å². The van der Waals surface area contributed by atoms with Gasteiger partial charge in [-0.15, -0.1) is 0 Å². The quantitative estimate of drug-likeness (QED) is 0.894. The van der Waals surface area contributed by atoms with Crippen molar-refractivity contribution < 1.29 is 13.2 Å². The van der Waals surface area contributed by atoms with Crippen LogP contribution in [0.3, 0.4) is 0 Å². The molecular weight excluding hydrogens is 276 g/mol. The van der Waals surface area contributed by atoms with Crippen molar-refractivity contribution in [1.82, 2.24) is 9.62 Å². The van der Waals surface area contributed by atoms with E-state index in [-0.39, 0.29) is 16.8 Å². The number of nitrogens with zero attached hydrogens (tertiary/aromatic N) is 1. The molecule has 1 N–H and O–H groups in total. The summed E-state index contributed by atoms with van der Waals surface area (Å²) < 4.78 is 25.5. The van der Waals surface area contributed by atoms with E-state index in [0.717, 1.165) is 0 Å². The largest absolute Gasteiger partial charge is 0.339 e. The molecule has 110 valence electrons. The number of carbonyl (C=O) groups is 1. The van der Waals surface area contributed by atoms with Crippen LogP contribution in [0.15, 0.2) is 29.2 Å². The fourth-order valence-electron chi connectivity index (χ4n) is 2.18.